The number of carbonyl (C=O) groups excluding carboxylic acids is 1. The van der Waals surface area contributed by atoms with Crippen molar-refractivity contribution in [1.82, 2.24) is 9.78 Å². The largest absolute Gasteiger partial charge is 0.355 e. The summed E-state index contributed by atoms with van der Waals surface area (Å²) in [6, 6.07) is 17.3. The van der Waals surface area contributed by atoms with Gasteiger partial charge in [0.05, 0.1) is 5.69 Å². The van der Waals surface area contributed by atoms with Crippen LogP contribution >= 0.6 is 0 Å². The number of aryl methyl sites for hydroxylation is 3. The molecule has 32 heavy (non-hydrogen) atoms. The van der Waals surface area contributed by atoms with Gasteiger partial charge in [-0.3, -0.25) is 9.59 Å². The number of benzene rings is 2. The standard InChI is InChI=1S/C26H30N4O2/c1-4-20-7-9-22(10-8-20)30-25(31)12-11-24(28-30)29-15-13-21(14-16-29)26(32)27-23-17-18(2)5-6-19(23)3/h5-12,17,21H,4,13-16H2,1-3H3,(H,27,32). The van der Waals surface area contributed by atoms with E-state index in [1.807, 2.05) is 56.3 Å². The maximum atomic E-state index is 12.8. The van der Waals surface area contributed by atoms with Crippen LogP contribution in [0.5, 0.6) is 0 Å². The quantitative estimate of drug-likeness (QED) is 0.657. The summed E-state index contributed by atoms with van der Waals surface area (Å²) in [4.78, 5) is 27.4. The van der Waals surface area contributed by atoms with Crippen molar-refractivity contribution in [3.05, 3.63) is 81.6 Å². The van der Waals surface area contributed by atoms with E-state index in [0.29, 0.717) is 0 Å². The second-order valence-corrected chi connectivity index (χ2v) is 8.53. The Labute approximate surface area is 188 Å². The lowest BCUT2D eigenvalue weighted by atomic mass is 9.95. The molecule has 6 nitrogen and oxygen atoms in total. The van der Waals surface area contributed by atoms with Crippen molar-refractivity contribution >= 4 is 17.4 Å². The SMILES string of the molecule is CCc1ccc(-n2nc(N3CCC(C(=O)Nc4cc(C)ccc4C)CC3)ccc2=O)cc1. The molecule has 166 valence electrons. The van der Waals surface area contributed by atoms with E-state index in [9.17, 15) is 9.59 Å². The molecule has 1 N–H and O–H groups in total. The van der Waals surface area contributed by atoms with E-state index in [-0.39, 0.29) is 17.4 Å². The zero-order chi connectivity index (χ0) is 22.7. The number of hydrogen-bond donors (Lipinski definition) is 1. The van der Waals surface area contributed by atoms with Gasteiger partial charge in [-0.25, -0.2) is 0 Å². The molecule has 1 saturated heterocycles. The molecule has 0 spiro atoms. The van der Waals surface area contributed by atoms with E-state index >= 15 is 0 Å². The Morgan fingerprint density at radius 1 is 1.03 bits per heavy atom. The molecule has 2 aromatic carbocycles. The highest BCUT2D eigenvalue weighted by Crippen LogP contribution is 2.24. The van der Waals surface area contributed by atoms with Crippen LogP contribution in [0.15, 0.2) is 59.4 Å². The number of rotatable bonds is 5. The molecule has 1 fully saturated rings. The van der Waals surface area contributed by atoms with Gasteiger partial charge in [-0.2, -0.15) is 4.68 Å². The number of nitrogens with zero attached hydrogens (tertiary/aromatic N) is 3. The first-order valence-corrected chi connectivity index (χ1v) is 11.3. The predicted octanol–water partition coefficient (Wildman–Crippen LogP) is 4.27. The highest BCUT2D eigenvalue weighted by atomic mass is 16.2. The van der Waals surface area contributed by atoms with E-state index in [1.54, 1.807) is 12.1 Å². The highest BCUT2D eigenvalue weighted by molar-refractivity contribution is 5.93. The van der Waals surface area contributed by atoms with Gasteiger partial charge in [-0.1, -0.05) is 31.2 Å². The van der Waals surface area contributed by atoms with Crippen LogP contribution in [-0.4, -0.2) is 28.8 Å². The molecule has 0 saturated carbocycles. The molecule has 0 radical (unpaired) electrons. The zero-order valence-corrected chi connectivity index (χ0v) is 19.0. The number of hydrogen-bond acceptors (Lipinski definition) is 4. The molecule has 1 aliphatic rings. The molecule has 1 amide bonds. The summed E-state index contributed by atoms with van der Waals surface area (Å²) in [5, 5.41) is 7.71. The molecule has 2 heterocycles. The van der Waals surface area contributed by atoms with Crippen LogP contribution in [0.3, 0.4) is 0 Å². The number of nitrogens with one attached hydrogen (secondary N) is 1. The number of piperidine rings is 1. The number of amides is 1. The summed E-state index contributed by atoms with van der Waals surface area (Å²) >= 11 is 0. The minimum Gasteiger partial charge on any atom is -0.355 e. The molecule has 1 aliphatic heterocycles. The van der Waals surface area contributed by atoms with Crippen LogP contribution in [0.4, 0.5) is 11.5 Å². The lowest BCUT2D eigenvalue weighted by molar-refractivity contribution is -0.120. The maximum Gasteiger partial charge on any atom is 0.271 e. The summed E-state index contributed by atoms with van der Waals surface area (Å²) < 4.78 is 1.45. The van der Waals surface area contributed by atoms with Gasteiger partial charge in [0, 0.05) is 30.8 Å². The molecule has 0 atom stereocenters. The number of anilines is 2. The number of aromatic nitrogens is 2. The van der Waals surface area contributed by atoms with Crippen molar-refractivity contribution in [3.63, 3.8) is 0 Å². The maximum absolute atomic E-state index is 12.8. The fourth-order valence-electron chi connectivity index (χ4n) is 4.10. The van der Waals surface area contributed by atoms with Gasteiger partial charge in [-0.15, -0.1) is 5.10 Å². The van der Waals surface area contributed by atoms with Gasteiger partial charge in [0.2, 0.25) is 5.91 Å². The Morgan fingerprint density at radius 3 is 2.44 bits per heavy atom. The van der Waals surface area contributed by atoms with Crippen LogP contribution < -0.4 is 15.8 Å². The van der Waals surface area contributed by atoms with Crippen molar-refractivity contribution in [2.45, 2.75) is 40.0 Å². The van der Waals surface area contributed by atoms with E-state index < -0.39 is 0 Å². The summed E-state index contributed by atoms with van der Waals surface area (Å²) in [7, 11) is 0. The molecule has 1 aromatic heterocycles. The topological polar surface area (TPSA) is 67.2 Å². The Kier molecular flexibility index (Phi) is 6.40. The van der Waals surface area contributed by atoms with E-state index in [4.69, 9.17) is 0 Å². The lowest BCUT2D eigenvalue weighted by Gasteiger charge is -2.32. The third-order valence-electron chi connectivity index (χ3n) is 6.22. The molecule has 3 aromatic rings. The van der Waals surface area contributed by atoms with Crippen LogP contribution in [-0.2, 0) is 11.2 Å². The summed E-state index contributed by atoms with van der Waals surface area (Å²) in [6.07, 6.45) is 2.46. The molecule has 0 aliphatic carbocycles. The normalized spacial score (nSPS) is 14.4. The van der Waals surface area contributed by atoms with E-state index in [1.165, 1.54) is 10.2 Å². The minimum absolute atomic E-state index is 0.0290. The van der Waals surface area contributed by atoms with Crippen molar-refractivity contribution in [3.8, 4) is 5.69 Å². The Balaban J connectivity index is 1.43. The third kappa shape index (κ3) is 4.74. The van der Waals surface area contributed by atoms with Crippen molar-refractivity contribution in [1.29, 1.82) is 0 Å². The zero-order valence-electron chi connectivity index (χ0n) is 19.0. The highest BCUT2D eigenvalue weighted by Gasteiger charge is 2.26. The molecule has 4 rings (SSSR count). The molecule has 0 unspecified atom stereocenters. The first kappa shape index (κ1) is 21.8. The molecular weight excluding hydrogens is 400 g/mol. The lowest BCUT2D eigenvalue weighted by Crippen LogP contribution is -2.39. The monoisotopic (exact) mass is 430 g/mol. The average molecular weight is 431 g/mol. The van der Waals surface area contributed by atoms with Crippen LogP contribution in [0, 0.1) is 19.8 Å². The van der Waals surface area contributed by atoms with E-state index in [0.717, 1.165) is 60.7 Å². The van der Waals surface area contributed by atoms with Gasteiger partial charge >= 0.3 is 0 Å². The molecule has 0 bridgehead atoms. The molecular formula is C26H30N4O2. The van der Waals surface area contributed by atoms with E-state index in [2.05, 4.69) is 22.2 Å². The first-order valence-electron chi connectivity index (χ1n) is 11.3. The fraction of sp³-hybridized carbons (Fsp3) is 0.346. The Morgan fingerprint density at radius 2 is 1.75 bits per heavy atom. The average Bonchev–Trinajstić information content (AvgIpc) is 2.82. The molecule has 6 heteroatoms. The van der Waals surface area contributed by atoms with Gasteiger partial charge in [-0.05, 0) is 74.1 Å². The van der Waals surface area contributed by atoms with Gasteiger partial charge in [0.15, 0.2) is 0 Å². The van der Waals surface area contributed by atoms with Crippen molar-refractivity contribution in [2.75, 3.05) is 23.3 Å². The van der Waals surface area contributed by atoms with Crippen LogP contribution in [0.25, 0.3) is 5.69 Å². The van der Waals surface area contributed by atoms with Crippen LogP contribution in [0.1, 0.15) is 36.5 Å². The van der Waals surface area contributed by atoms with Gasteiger partial charge in [0.25, 0.3) is 5.56 Å². The van der Waals surface area contributed by atoms with Crippen LogP contribution in [0.2, 0.25) is 0 Å². The minimum atomic E-state index is -0.152. The second-order valence-electron chi connectivity index (χ2n) is 8.53. The second kappa shape index (κ2) is 9.39. The first-order chi connectivity index (χ1) is 15.4. The summed E-state index contributed by atoms with van der Waals surface area (Å²) in [5.74, 6) is 0.809. The Hall–Kier alpha value is -3.41. The summed E-state index contributed by atoms with van der Waals surface area (Å²) in [6.45, 7) is 7.59. The van der Waals surface area contributed by atoms with Gasteiger partial charge in [0.1, 0.15) is 5.82 Å². The van der Waals surface area contributed by atoms with Crippen molar-refractivity contribution in [2.24, 2.45) is 5.92 Å². The van der Waals surface area contributed by atoms with Gasteiger partial charge < -0.3 is 10.2 Å². The smallest absolute Gasteiger partial charge is 0.271 e. The van der Waals surface area contributed by atoms with Crippen molar-refractivity contribution < 1.29 is 4.79 Å². The Bertz CT molecular complexity index is 1160. The fourth-order valence-corrected chi connectivity index (χ4v) is 4.10. The third-order valence-corrected chi connectivity index (χ3v) is 6.22. The number of carbonyl (C=O) groups is 1. The summed E-state index contributed by atoms with van der Waals surface area (Å²) in [5.41, 5.74) is 4.92. The predicted molar refractivity (Wildman–Crippen MR) is 129 cm³/mol.